The molecule has 1 heterocycles. The van der Waals surface area contributed by atoms with Crippen LogP contribution in [0.4, 0.5) is 4.79 Å². The number of hydrogen-bond donors (Lipinski definition) is 2. The third-order valence-corrected chi connectivity index (χ3v) is 9.12. The van der Waals surface area contributed by atoms with Crippen LogP contribution in [0.5, 0.6) is 0 Å². The van der Waals surface area contributed by atoms with E-state index in [0.29, 0.717) is 31.6 Å². The fourth-order valence-electron chi connectivity index (χ4n) is 6.16. The predicted octanol–water partition coefficient (Wildman–Crippen LogP) is 6.48. The molecule has 2 atom stereocenters. The van der Waals surface area contributed by atoms with Gasteiger partial charge in [0.1, 0.15) is 11.6 Å². The number of hydrogen-bond acceptors (Lipinski definition) is 5. The van der Waals surface area contributed by atoms with Crippen LogP contribution in [-0.2, 0) is 20.7 Å². The molecule has 0 radical (unpaired) electrons. The van der Waals surface area contributed by atoms with E-state index < -0.39 is 17.6 Å². The average molecular weight is 666 g/mol. The molecule has 1 aliphatic carbocycles. The van der Waals surface area contributed by atoms with Crippen molar-refractivity contribution in [1.82, 2.24) is 15.5 Å². The molecule has 4 rings (SSSR count). The van der Waals surface area contributed by atoms with Crippen molar-refractivity contribution < 1.29 is 19.1 Å². The first-order valence-corrected chi connectivity index (χ1v) is 16.6. The van der Waals surface area contributed by atoms with E-state index in [2.05, 4.69) is 32.6 Å². The SMILES string of the molecule is CC(C)(C)OC(=O)N1CCC(CNC(=O)[C@@H](NC(=O)C(Cc2ccc(C#N)cc2)c2cccc(Br)c2)C2CCCCC2)CC1. The molecular formula is C35H45BrN4O4. The van der Waals surface area contributed by atoms with E-state index in [0.717, 1.165) is 60.5 Å². The van der Waals surface area contributed by atoms with Crippen LogP contribution in [0.25, 0.3) is 0 Å². The summed E-state index contributed by atoms with van der Waals surface area (Å²) in [6.45, 7) is 7.30. The summed E-state index contributed by atoms with van der Waals surface area (Å²) in [6, 6.07) is 16.6. The van der Waals surface area contributed by atoms with E-state index in [-0.39, 0.29) is 29.7 Å². The Bertz CT molecular complexity index is 1320. The quantitative estimate of drug-likeness (QED) is 0.319. The molecule has 2 aromatic rings. The number of rotatable bonds is 9. The molecule has 0 bridgehead atoms. The Hall–Kier alpha value is -3.38. The van der Waals surface area contributed by atoms with Crippen molar-refractivity contribution in [2.45, 2.75) is 89.7 Å². The molecule has 1 saturated heterocycles. The Labute approximate surface area is 270 Å². The zero-order valence-electron chi connectivity index (χ0n) is 26.1. The number of carbonyl (C=O) groups is 3. The highest BCUT2D eigenvalue weighted by molar-refractivity contribution is 9.10. The van der Waals surface area contributed by atoms with Gasteiger partial charge in [-0.1, -0.05) is 59.5 Å². The van der Waals surface area contributed by atoms with Crippen LogP contribution < -0.4 is 10.6 Å². The van der Waals surface area contributed by atoms with E-state index >= 15 is 0 Å². The number of piperidine rings is 1. The third kappa shape index (κ3) is 9.82. The number of nitriles is 1. The standard InChI is InChI=1S/C35H45BrN4O4/c1-35(2,3)44-34(43)40-18-16-26(17-19-40)23-38-33(42)31(27-8-5-4-6-9-27)39-32(41)30(28-10-7-11-29(36)21-28)20-24-12-14-25(22-37)15-13-24/h7,10-15,21,26-27,30-31H,4-6,8-9,16-20,23H2,1-3H3,(H,38,42)(H,39,41)/t30?,31-/m0/s1. The molecule has 236 valence electrons. The van der Waals surface area contributed by atoms with Crippen molar-refractivity contribution in [3.8, 4) is 6.07 Å². The highest BCUT2D eigenvalue weighted by atomic mass is 79.9. The second-order valence-electron chi connectivity index (χ2n) is 13.2. The highest BCUT2D eigenvalue weighted by Crippen LogP contribution is 2.29. The van der Waals surface area contributed by atoms with Crippen LogP contribution in [0.15, 0.2) is 53.0 Å². The van der Waals surface area contributed by atoms with Gasteiger partial charge in [-0.25, -0.2) is 4.79 Å². The smallest absolute Gasteiger partial charge is 0.410 e. The normalized spacial score (nSPS) is 17.7. The average Bonchev–Trinajstić information content (AvgIpc) is 3.01. The minimum absolute atomic E-state index is 0.0831. The summed E-state index contributed by atoms with van der Waals surface area (Å²) in [4.78, 5) is 42.0. The number of carbonyl (C=O) groups excluding carboxylic acids is 3. The van der Waals surface area contributed by atoms with Gasteiger partial charge in [-0.3, -0.25) is 9.59 Å². The topological polar surface area (TPSA) is 112 Å². The van der Waals surface area contributed by atoms with Crippen LogP contribution in [0.1, 0.15) is 88.3 Å². The molecule has 2 fully saturated rings. The summed E-state index contributed by atoms with van der Waals surface area (Å²) in [6.07, 6.45) is 6.79. The molecule has 2 aromatic carbocycles. The summed E-state index contributed by atoms with van der Waals surface area (Å²) < 4.78 is 6.39. The summed E-state index contributed by atoms with van der Waals surface area (Å²) >= 11 is 3.54. The first kappa shape index (κ1) is 33.5. The number of nitrogens with zero attached hydrogens (tertiary/aromatic N) is 2. The minimum Gasteiger partial charge on any atom is -0.444 e. The Morgan fingerprint density at radius 3 is 2.30 bits per heavy atom. The van der Waals surface area contributed by atoms with Crippen LogP contribution in [-0.4, -0.2) is 54.1 Å². The Morgan fingerprint density at radius 2 is 1.68 bits per heavy atom. The van der Waals surface area contributed by atoms with E-state index in [9.17, 15) is 19.6 Å². The van der Waals surface area contributed by atoms with Crippen molar-refractivity contribution in [1.29, 1.82) is 5.26 Å². The van der Waals surface area contributed by atoms with Crippen LogP contribution >= 0.6 is 15.9 Å². The van der Waals surface area contributed by atoms with Gasteiger partial charge in [-0.2, -0.15) is 5.26 Å². The lowest BCUT2D eigenvalue weighted by molar-refractivity contribution is -0.131. The lowest BCUT2D eigenvalue weighted by Gasteiger charge is -2.34. The van der Waals surface area contributed by atoms with Gasteiger partial charge in [0.15, 0.2) is 0 Å². The fourth-order valence-corrected chi connectivity index (χ4v) is 6.57. The fraction of sp³-hybridized carbons (Fsp3) is 0.543. The summed E-state index contributed by atoms with van der Waals surface area (Å²) in [5, 5.41) is 15.6. The van der Waals surface area contributed by atoms with E-state index in [1.165, 1.54) is 0 Å². The van der Waals surface area contributed by atoms with Gasteiger partial charge in [-0.05, 0) is 100 Å². The van der Waals surface area contributed by atoms with Gasteiger partial charge in [0.25, 0.3) is 0 Å². The van der Waals surface area contributed by atoms with E-state index in [1.807, 2.05) is 57.2 Å². The zero-order valence-corrected chi connectivity index (χ0v) is 27.7. The third-order valence-electron chi connectivity index (χ3n) is 8.62. The largest absolute Gasteiger partial charge is 0.444 e. The maximum Gasteiger partial charge on any atom is 0.410 e. The van der Waals surface area contributed by atoms with E-state index in [4.69, 9.17) is 4.74 Å². The van der Waals surface area contributed by atoms with Crippen molar-refractivity contribution >= 4 is 33.8 Å². The number of amides is 3. The molecule has 1 saturated carbocycles. The molecular weight excluding hydrogens is 620 g/mol. The van der Waals surface area contributed by atoms with Crippen molar-refractivity contribution in [3.05, 3.63) is 69.7 Å². The summed E-state index contributed by atoms with van der Waals surface area (Å²) in [5.41, 5.74) is 1.85. The van der Waals surface area contributed by atoms with Crippen LogP contribution in [0, 0.1) is 23.2 Å². The van der Waals surface area contributed by atoms with Gasteiger partial charge in [0.2, 0.25) is 11.8 Å². The molecule has 1 aliphatic heterocycles. The van der Waals surface area contributed by atoms with E-state index in [1.54, 1.807) is 17.0 Å². The Kier molecular flexibility index (Phi) is 11.9. The van der Waals surface area contributed by atoms with Crippen LogP contribution in [0.2, 0.25) is 0 Å². The van der Waals surface area contributed by atoms with Gasteiger partial charge >= 0.3 is 6.09 Å². The maximum atomic E-state index is 14.0. The number of ether oxygens (including phenoxy) is 1. The van der Waals surface area contributed by atoms with Crippen molar-refractivity contribution in [2.24, 2.45) is 11.8 Å². The first-order chi connectivity index (χ1) is 21.0. The molecule has 3 amide bonds. The minimum atomic E-state index is -0.611. The molecule has 0 spiro atoms. The number of nitrogens with one attached hydrogen (secondary N) is 2. The number of benzene rings is 2. The maximum absolute atomic E-state index is 14.0. The molecule has 2 aliphatic rings. The van der Waals surface area contributed by atoms with Gasteiger partial charge in [-0.15, -0.1) is 0 Å². The van der Waals surface area contributed by atoms with Gasteiger partial charge < -0.3 is 20.3 Å². The predicted molar refractivity (Wildman–Crippen MR) is 174 cm³/mol. The molecule has 0 aromatic heterocycles. The molecule has 44 heavy (non-hydrogen) atoms. The first-order valence-electron chi connectivity index (χ1n) is 15.8. The highest BCUT2D eigenvalue weighted by Gasteiger charge is 2.34. The van der Waals surface area contributed by atoms with Crippen LogP contribution in [0.3, 0.4) is 0 Å². The second kappa shape index (κ2) is 15.6. The van der Waals surface area contributed by atoms with Crippen molar-refractivity contribution in [2.75, 3.05) is 19.6 Å². The molecule has 2 N–H and O–H groups in total. The van der Waals surface area contributed by atoms with Gasteiger partial charge in [0, 0.05) is 24.1 Å². The second-order valence-corrected chi connectivity index (χ2v) is 14.1. The molecule has 1 unspecified atom stereocenters. The summed E-state index contributed by atoms with van der Waals surface area (Å²) in [5.74, 6) is -0.475. The lowest BCUT2D eigenvalue weighted by atomic mass is 9.82. The number of likely N-dealkylation sites (tertiary alicyclic amines) is 1. The Morgan fingerprint density at radius 1 is 1.00 bits per heavy atom. The molecule has 8 nitrogen and oxygen atoms in total. The Balaban J connectivity index is 1.43. The zero-order chi connectivity index (χ0) is 31.7. The molecule has 9 heteroatoms. The number of halogens is 1. The lowest BCUT2D eigenvalue weighted by Crippen LogP contribution is -2.53. The van der Waals surface area contributed by atoms with Gasteiger partial charge in [0.05, 0.1) is 17.6 Å². The monoisotopic (exact) mass is 664 g/mol. The van der Waals surface area contributed by atoms with Crippen molar-refractivity contribution in [3.63, 3.8) is 0 Å². The summed E-state index contributed by atoms with van der Waals surface area (Å²) in [7, 11) is 0.